The van der Waals surface area contributed by atoms with Crippen molar-refractivity contribution < 1.29 is 9.90 Å². The van der Waals surface area contributed by atoms with Crippen LogP contribution in [0.2, 0.25) is 0 Å². The predicted molar refractivity (Wildman–Crippen MR) is 72.5 cm³/mol. The molecule has 1 heterocycles. The van der Waals surface area contributed by atoms with E-state index in [0.29, 0.717) is 31.2 Å². The number of hydrogen-bond acceptors (Lipinski definition) is 4. The van der Waals surface area contributed by atoms with Crippen LogP contribution >= 0.6 is 0 Å². The van der Waals surface area contributed by atoms with E-state index in [1.54, 1.807) is 12.3 Å². The van der Waals surface area contributed by atoms with Gasteiger partial charge in [0.25, 0.3) is 5.91 Å². The van der Waals surface area contributed by atoms with Gasteiger partial charge >= 0.3 is 0 Å². The third-order valence-corrected chi connectivity index (χ3v) is 3.61. The first kappa shape index (κ1) is 14.0. The minimum Gasteiger partial charge on any atom is -0.396 e. The standard InChI is InChI=1S/C14H21N3O2/c15-9-11-5-6-13(16-10-11)14(19)17(7-2-8-18)12-3-1-4-12/h5-6,10,12,18H,1-4,7-9,15H2. The number of pyridine rings is 1. The van der Waals surface area contributed by atoms with Crippen molar-refractivity contribution in [3.05, 3.63) is 29.6 Å². The summed E-state index contributed by atoms with van der Waals surface area (Å²) in [7, 11) is 0. The Kier molecular flexibility index (Phi) is 4.87. The van der Waals surface area contributed by atoms with Crippen LogP contribution in [-0.2, 0) is 6.54 Å². The summed E-state index contributed by atoms with van der Waals surface area (Å²) < 4.78 is 0. The second-order valence-corrected chi connectivity index (χ2v) is 4.92. The minimum absolute atomic E-state index is 0.0401. The van der Waals surface area contributed by atoms with Crippen molar-refractivity contribution in [2.75, 3.05) is 13.2 Å². The molecule has 1 fully saturated rings. The van der Waals surface area contributed by atoms with Crippen molar-refractivity contribution >= 4 is 5.91 Å². The normalized spacial score (nSPS) is 15.1. The zero-order valence-electron chi connectivity index (χ0n) is 11.1. The quantitative estimate of drug-likeness (QED) is 0.799. The second-order valence-electron chi connectivity index (χ2n) is 4.92. The fourth-order valence-electron chi connectivity index (χ4n) is 2.21. The molecule has 0 spiro atoms. The number of nitrogens with zero attached hydrogens (tertiary/aromatic N) is 2. The zero-order chi connectivity index (χ0) is 13.7. The highest BCUT2D eigenvalue weighted by molar-refractivity contribution is 5.92. The lowest BCUT2D eigenvalue weighted by molar-refractivity contribution is 0.0556. The molecule has 1 aromatic heterocycles. The van der Waals surface area contributed by atoms with Crippen molar-refractivity contribution in [3.8, 4) is 0 Å². The lowest BCUT2D eigenvalue weighted by atomic mass is 9.91. The molecule has 0 aliphatic heterocycles. The molecular weight excluding hydrogens is 242 g/mol. The van der Waals surface area contributed by atoms with E-state index >= 15 is 0 Å². The zero-order valence-corrected chi connectivity index (χ0v) is 11.1. The van der Waals surface area contributed by atoms with E-state index in [-0.39, 0.29) is 12.5 Å². The highest BCUT2D eigenvalue weighted by Gasteiger charge is 2.29. The Bertz CT molecular complexity index is 415. The van der Waals surface area contributed by atoms with Crippen molar-refractivity contribution in [1.29, 1.82) is 0 Å². The molecule has 19 heavy (non-hydrogen) atoms. The number of carbonyl (C=O) groups is 1. The Morgan fingerprint density at radius 3 is 2.74 bits per heavy atom. The van der Waals surface area contributed by atoms with Gasteiger partial charge in [0.05, 0.1) is 0 Å². The SMILES string of the molecule is NCc1ccc(C(=O)N(CCCO)C2CCC2)nc1. The largest absolute Gasteiger partial charge is 0.396 e. The molecule has 1 aliphatic carbocycles. The van der Waals surface area contributed by atoms with E-state index in [1.807, 2.05) is 11.0 Å². The average Bonchev–Trinajstić information content (AvgIpc) is 2.40. The molecule has 5 nitrogen and oxygen atoms in total. The van der Waals surface area contributed by atoms with Crippen LogP contribution in [0.4, 0.5) is 0 Å². The van der Waals surface area contributed by atoms with Gasteiger partial charge in [0.1, 0.15) is 5.69 Å². The number of aromatic nitrogens is 1. The summed E-state index contributed by atoms with van der Waals surface area (Å²) in [6, 6.07) is 3.88. The Morgan fingerprint density at radius 1 is 1.47 bits per heavy atom. The first-order chi connectivity index (χ1) is 9.26. The number of nitrogens with two attached hydrogens (primary N) is 1. The van der Waals surface area contributed by atoms with E-state index < -0.39 is 0 Å². The first-order valence-corrected chi connectivity index (χ1v) is 6.83. The fourth-order valence-corrected chi connectivity index (χ4v) is 2.21. The molecule has 5 heteroatoms. The number of aliphatic hydroxyl groups excluding tert-OH is 1. The lowest BCUT2D eigenvalue weighted by Gasteiger charge is -2.37. The summed E-state index contributed by atoms with van der Waals surface area (Å²) in [5.74, 6) is -0.0401. The van der Waals surface area contributed by atoms with Crippen molar-refractivity contribution in [2.45, 2.75) is 38.3 Å². The number of rotatable bonds is 6. The van der Waals surface area contributed by atoms with E-state index in [9.17, 15) is 4.79 Å². The van der Waals surface area contributed by atoms with E-state index in [2.05, 4.69) is 4.98 Å². The summed E-state index contributed by atoms with van der Waals surface area (Å²) in [6.45, 7) is 1.13. The molecule has 0 bridgehead atoms. The van der Waals surface area contributed by atoms with Crippen LogP contribution in [0, 0.1) is 0 Å². The highest BCUT2D eigenvalue weighted by Crippen LogP contribution is 2.26. The molecule has 1 aromatic rings. The minimum atomic E-state index is -0.0401. The lowest BCUT2D eigenvalue weighted by Crippen LogP contribution is -2.45. The first-order valence-electron chi connectivity index (χ1n) is 6.83. The average molecular weight is 263 g/mol. The molecule has 1 amide bonds. The molecule has 0 radical (unpaired) electrons. The van der Waals surface area contributed by atoms with Gasteiger partial charge in [0.15, 0.2) is 0 Å². The molecule has 3 N–H and O–H groups in total. The van der Waals surface area contributed by atoms with Crippen molar-refractivity contribution in [3.63, 3.8) is 0 Å². The summed E-state index contributed by atoms with van der Waals surface area (Å²) in [6.07, 6.45) is 5.55. The van der Waals surface area contributed by atoms with Gasteiger partial charge in [-0.25, -0.2) is 0 Å². The molecule has 1 saturated carbocycles. The molecular formula is C14H21N3O2. The molecule has 0 atom stereocenters. The number of amides is 1. The molecule has 0 saturated heterocycles. The van der Waals surface area contributed by atoms with Crippen LogP contribution in [-0.4, -0.2) is 40.1 Å². The Morgan fingerprint density at radius 2 is 2.26 bits per heavy atom. The Balaban J connectivity index is 2.08. The van der Waals surface area contributed by atoms with Crippen LogP contribution in [0.25, 0.3) is 0 Å². The number of aliphatic hydroxyl groups is 1. The Hall–Kier alpha value is -1.46. The van der Waals surface area contributed by atoms with E-state index in [1.165, 1.54) is 6.42 Å². The van der Waals surface area contributed by atoms with Crippen molar-refractivity contribution in [1.82, 2.24) is 9.88 Å². The smallest absolute Gasteiger partial charge is 0.272 e. The highest BCUT2D eigenvalue weighted by atomic mass is 16.3. The number of carbonyl (C=O) groups excluding carboxylic acids is 1. The molecule has 2 rings (SSSR count). The molecule has 1 aliphatic rings. The van der Waals surface area contributed by atoms with E-state index in [4.69, 9.17) is 10.8 Å². The Labute approximate surface area is 113 Å². The van der Waals surface area contributed by atoms with Gasteiger partial charge in [-0.3, -0.25) is 9.78 Å². The van der Waals surface area contributed by atoms with Crippen molar-refractivity contribution in [2.24, 2.45) is 5.73 Å². The van der Waals surface area contributed by atoms with Gasteiger partial charge in [0.2, 0.25) is 0 Å². The summed E-state index contributed by atoms with van der Waals surface area (Å²) in [4.78, 5) is 18.5. The van der Waals surface area contributed by atoms with Gasteiger partial charge in [-0.2, -0.15) is 0 Å². The van der Waals surface area contributed by atoms with Gasteiger partial charge in [-0.05, 0) is 37.3 Å². The van der Waals surface area contributed by atoms with Crippen LogP contribution in [0.15, 0.2) is 18.3 Å². The summed E-state index contributed by atoms with van der Waals surface area (Å²) in [5, 5.41) is 8.94. The topological polar surface area (TPSA) is 79.5 Å². The van der Waals surface area contributed by atoms with Crippen LogP contribution < -0.4 is 5.73 Å². The van der Waals surface area contributed by atoms with Crippen LogP contribution in [0.5, 0.6) is 0 Å². The van der Waals surface area contributed by atoms with Gasteiger partial charge in [-0.1, -0.05) is 6.07 Å². The second kappa shape index (κ2) is 6.63. The monoisotopic (exact) mass is 263 g/mol. The fraction of sp³-hybridized carbons (Fsp3) is 0.571. The molecule has 104 valence electrons. The molecule has 0 unspecified atom stereocenters. The maximum Gasteiger partial charge on any atom is 0.272 e. The molecule has 0 aromatic carbocycles. The van der Waals surface area contributed by atoms with Crippen LogP contribution in [0.3, 0.4) is 0 Å². The van der Waals surface area contributed by atoms with Gasteiger partial charge < -0.3 is 15.7 Å². The van der Waals surface area contributed by atoms with E-state index in [0.717, 1.165) is 18.4 Å². The summed E-state index contributed by atoms with van der Waals surface area (Å²) in [5.41, 5.74) is 6.90. The number of hydrogen-bond donors (Lipinski definition) is 2. The van der Waals surface area contributed by atoms with Crippen LogP contribution in [0.1, 0.15) is 41.7 Å². The van der Waals surface area contributed by atoms with Gasteiger partial charge in [-0.15, -0.1) is 0 Å². The maximum atomic E-state index is 12.4. The third kappa shape index (κ3) is 3.30. The summed E-state index contributed by atoms with van der Waals surface area (Å²) >= 11 is 0. The predicted octanol–water partition coefficient (Wildman–Crippen LogP) is 0.917. The maximum absolute atomic E-state index is 12.4. The third-order valence-electron chi connectivity index (χ3n) is 3.61. The van der Waals surface area contributed by atoms with Gasteiger partial charge in [0, 0.05) is 31.9 Å².